The fraction of sp³-hybridized carbons (Fsp3) is 0.200. The zero-order valence-electron chi connectivity index (χ0n) is 8.43. The van der Waals surface area contributed by atoms with Gasteiger partial charge in [0.1, 0.15) is 5.82 Å². The molecule has 0 aliphatic carbocycles. The third-order valence-electron chi connectivity index (χ3n) is 1.95. The second kappa shape index (κ2) is 4.08. The van der Waals surface area contributed by atoms with Crippen molar-refractivity contribution in [3.63, 3.8) is 0 Å². The number of carbonyl (C=O) groups is 1. The van der Waals surface area contributed by atoms with E-state index in [9.17, 15) is 9.18 Å². The van der Waals surface area contributed by atoms with Gasteiger partial charge in [-0.1, -0.05) is 0 Å². The highest BCUT2D eigenvalue weighted by molar-refractivity contribution is 6.03. The number of nitrogen functional groups attached to an aromatic ring is 1. The summed E-state index contributed by atoms with van der Waals surface area (Å²) in [6.07, 6.45) is 0. The second-order valence-electron chi connectivity index (χ2n) is 3.01. The highest BCUT2D eigenvalue weighted by Gasteiger charge is 2.18. The van der Waals surface area contributed by atoms with Crippen LogP contribution in [0.2, 0.25) is 0 Å². The number of methoxy groups -OCH3 is 1. The number of carbonyl (C=O) groups excluding carboxylic acids is 1. The van der Waals surface area contributed by atoms with Crippen molar-refractivity contribution < 1.29 is 13.9 Å². The Kier molecular flexibility index (Phi) is 3.04. The Balaban J connectivity index is 3.41. The maximum Gasteiger partial charge on any atom is 0.340 e. The van der Waals surface area contributed by atoms with E-state index in [1.165, 1.54) is 19.1 Å². The van der Waals surface area contributed by atoms with Gasteiger partial charge in [-0.25, -0.2) is 9.18 Å². The molecule has 0 amide bonds. The van der Waals surface area contributed by atoms with E-state index < -0.39 is 11.8 Å². The van der Waals surface area contributed by atoms with E-state index in [4.69, 9.17) is 11.1 Å². The lowest BCUT2D eigenvalue weighted by Gasteiger charge is -2.08. The lowest BCUT2D eigenvalue weighted by Crippen LogP contribution is -2.11. The molecule has 5 heteroatoms. The molecule has 3 N–H and O–H groups in total. The number of esters is 1. The van der Waals surface area contributed by atoms with Gasteiger partial charge >= 0.3 is 5.97 Å². The van der Waals surface area contributed by atoms with E-state index >= 15 is 0 Å². The van der Waals surface area contributed by atoms with Gasteiger partial charge in [0.15, 0.2) is 0 Å². The van der Waals surface area contributed by atoms with Crippen molar-refractivity contribution in [1.82, 2.24) is 0 Å². The van der Waals surface area contributed by atoms with Crippen molar-refractivity contribution in [2.24, 2.45) is 0 Å². The minimum absolute atomic E-state index is 0.0317. The Hall–Kier alpha value is -1.91. The van der Waals surface area contributed by atoms with Crippen LogP contribution in [0.25, 0.3) is 0 Å². The summed E-state index contributed by atoms with van der Waals surface area (Å²) in [6.45, 7) is 1.40. The fourth-order valence-electron chi connectivity index (χ4n) is 1.24. The molecule has 4 nitrogen and oxygen atoms in total. The summed E-state index contributed by atoms with van der Waals surface area (Å²) < 4.78 is 18.1. The second-order valence-corrected chi connectivity index (χ2v) is 3.01. The number of rotatable bonds is 2. The van der Waals surface area contributed by atoms with Crippen LogP contribution in [0.5, 0.6) is 0 Å². The smallest absolute Gasteiger partial charge is 0.340 e. The molecule has 0 atom stereocenters. The predicted molar refractivity (Wildman–Crippen MR) is 54.7 cm³/mol. The van der Waals surface area contributed by atoms with Crippen molar-refractivity contribution in [3.05, 3.63) is 29.1 Å². The molecule has 0 spiro atoms. The molecule has 1 aromatic carbocycles. The number of nitrogens with one attached hydrogen (secondary N) is 1. The Morgan fingerprint density at radius 1 is 1.53 bits per heavy atom. The topological polar surface area (TPSA) is 76.2 Å². The average Bonchev–Trinajstić information content (AvgIpc) is 2.16. The molecule has 0 aliphatic rings. The number of anilines is 1. The van der Waals surface area contributed by atoms with Gasteiger partial charge in [0.05, 0.1) is 18.2 Å². The van der Waals surface area contributed by atoms with Crippen LogP contribution in [0.3, 0.4) is 0 Å². The Labute approximate surface area is 86.4 Å². The van der Waals surface area contributed by atoms with Crippen molar-refractivity contribution >= 4 is 17.4 Å². The summed E-state index contributed by atoms with van der Waals surface area (Å²) in [4.78, 5) is 11.1. The van der Waals surface area contributed by atoms with Gasteiger partial charge in [0.2, 0.25) is 0 Å². The first-order chi connectivity index (χ1) is 6.99. The minimum atomic E-state index is -0.811. The molecule has 15 heavy (non-hydrogen) atoms. The highest BCUT2D eigenvalue weighted by atomic mass is 19.1. The van der Waals surface area contributed by atoms with Gasteiger partial charge < -0.3 is 15.9 Å². The Morgan fingerprint density at radius 2 is 2.13 bits per heavy atom. The molecule has 0 aromatic heterocycles. The van der Waals surface area contributed by atoms with Crippen molar-refractivity contribution in [3.8, 4) is 0 Å². The normalized spacial score (nSPS) is 9.80. The summed E-state index contributed by atoms with van der Waals surface area (Å²) in [5.74, 6) is -1.59. The highest BCUT2D eigenvalue weighted by Crippen LogP contribution is 2.20. The molecule has 0 bridgehead atoms. The number of hydrogen-bond donors (Lipinski definition) is 2. The number of halogens is 1. The van der Waals surface area contributed by atoms with Crippen molar-refractivity contribution in [2.75, 3.05) is 12.8 Å². The van der Waals surface area contributed by atoms with Crippen molar-refractivity contribution in [1.29, 1.82) is 5.41 Å². The quantitative estimate of drug-likeness (QED) is 0.442. The van der Waals surface area contributed by atoms with Gasteiger partial charge in [-0.2, -0.15) is 0 Å². The first-order valence-electron chi connectivity index (χ1n) is 4.20. The van der Waals surface area contributed by atoms with Gasteiger partial charge in [-0.15, -0.1) is 0 Å². The number of benzene rings is 1. The fourth-order valence-corrected chi connectivity index (χ4v) is 1.24. The summed E-state index contributed by atoms with van der Waals surface area (Å²) in [7, 11) is 1.16. The standard InChI is InChI=1S/C10H11FN2O2/c1-5(12)8-7(13)4-3-6(9(8)11)10(14)15-2/h3-4,12H,13H2,1-2H3. The molecule has 0 saturated heterocycles. The largest absolute Gasteiger partial charge is 0.465 e. The predicted octanol–water partition coefficient (Wildman–Crippen LogP) is 1.58. The van der Waals surface area contributed by atoms with E-state index in [1.807, 2.05) is 0 Å². The first kappa shape index (κ1) is 11.2. The number of hydrogen-bond acceptors (Lipinski definition) is 4. The van der Waals surface area contributed by atoms with E-state index in [0.29, 0.717) is 0 Å². The summed E-state index contributed by atoms with van der Waals surface area (Å²) >= 11 is 0. The van der Waals surface area contributed by atoms with Crippen LogP contribution in [0.15, 0.2) is 12.1 Å². The van der Waals surface area contributed by atoms with Gasteiger partial charge in [0, 0.05) is 11.4 Å². The van der Waals surface area contributed by atoms with Gasteiger partial charge in [-0.05, 0) is 19.1 Å². The molecule has 0 radical (unpaired) electrons. The van der Waals surface area contributed by atoms with E-state index in [1.54, 1.807) is 0 Å². The summed E-state index contributed by atoms with van der Waals surface area (Å²) in [5.41, 5.74) is 5.33. The zero-order valence-corrected chi connectivity index (χ0v) is 8.43. The molecule has 80 valence electrons. The van der Waals surface area contributed by atoms with E-state index in [-0.39, 0.29) is 22.5 Å². The minimum Gasteiger partial charge on any atom is -0.465 e. The van der Waals surface area contributed by atoms with E-state index in [0.717, 1.165) is 7.11 Å². The molecular formula is C10H11FN2O2. The molecule has 0 heterocycles. The van der Waals surface area contributed by atoms with Crippen LogP contribution >= 0.6 is 0 Å². The maximum atomic E-state index is 13.7. The SMILES string of the molecule is COC(=O)c1ccc(N)c(C(C)=N)c1F. The van der Waals surface area contributed by atoms with Gasteiger partial charge in [0.25, 0.3) is 0 Å². The molecule has 1 rings (SSSR count). The van der Waals surface area contributed by atoms with E-state index in [2.05, 4.69) is 4.74 Å². The van der Waals surface area contributed by atoms with Crippen LogP contribution in [0, 0.1) is 11.2 Å². The Bertz CT molecular complexity index is 430. The third kappa shape index (κ3) is 1.96. The summed E-state index contributed by atoms with van der Waals surface area (Å²) in [6, 6.07) is 2.62. The molecular weight excluding hydrogens is 199 g/mol. The number of ether oxygens (including phenoxy) is 1. The summed E-state index contributed by atoms with van der Waals surface area (Å²) in [5, 5.41) is 7.34. The monoisotopic (exact) mass is 210 g/mol. The maximum absolute atomic E-state index is 13.7. The molecule has 1 aromatic rings. The Morgan fingerprint density at radius 3 is 2.60 bits per heavy atom. The molecule has 0 aliphatic heterocycles. The zero-order chi connectivity index (χ0) is 11.6. The van der Waals surface area contributed by atoms with Crippen molar-refractivity contribution in [2.45, 2.75) is 6.92 Å². The van der Waals surface area contributed by atoms with Crippen LogP contribution in [0.4, 0.5) is 10.1 Å². The third-order valence-corrected chi connectivity index (χ3v) is 1.95. The first-order valence-corrected chi connectivity index (χ1v) is 4.20. The number of nitrogens with two attached hydrogens (primary N) is 1. The molecule has 0 fully saturated rings. The van der Waals surface area contributed by atoms with Gasteiger partial charge in [-0.3, -0.25) is 0 Å². The van der Waals surface area contributed by atoms with Crippen LogP contribution in [-0.2, 0) is 4.74 Å². The van der Waals surface area contributed by atoms with Crippen LogP contribution < -0.4 is 5.73 Å². The molecule has 0 saturated carbocycles. The molecule has 0 unspecified atom stereocenters. The lowest BCUT2D eigenvalue weighted by molar-refractivity contribution is 0.0595. The average molecular weight is 210 g/mol. The van der Waals surface area contributed by atoms with Crippen LogP contribution in [-0.4, -0.2) is 18.8 Å². The van der Waals surface area contributed by atoms with Crippen LogP contribution in [0.1, 0.15) is 22.8 Å². The lowest BCUT2D eigenvalue weighted by atomic mass is 10.0.